The van der Waals surface area contributed by atoms with Gasteiger partial charge in [0.2, 0.25) is 0 Å². The van der Waals surface area contributed by atoms with Crippen LogP contribution in [0.5, 0.6) is 0 Å². The highest BCUT2D eigenvalue weighted by Crippen LogP contribution is 2.11. The molecule has 1 aliphatic heterocycles. The maximum absolute atomic E-state index is 11.0. The molecule has 0 saturated carbocycles. The molecule has 3 N–H and O–H groups in total. The van der Waals surface area contributed by atoms with Crippen LogP contribution in [0, 0.1) is 0 Å². The third-order valence-corrected chi connectivity index (χ3v) is 2.36. The first-order valence-corrected chi connectivity index (χ1v) is 5.74. The largest absolute Gasteiger partial charge is 0.443 e. The summed E-state index contributed by atoms with van der Waals surface area (Å²) in [5.41, 5.74) is 5.47. The number of ether oxygens (including phenoxy) is 2. The molecule has 0 aliphatic carbocycles. The van der Waals surface area contributed by atoms with Gasteiger partial charge in [0.05, 0.1) is 12.6 Å². The normalized spacial score (nSPS) is 25.5. The third-order valence-electron chi connectivity index (χ3n) is 2.36. The lowest BCUT2D eigenvalue weighted by Gasteiger charge is -2.15. The zero-order valence-corrected chi connectivity index (χ0v) is 10.2. The lowest BCUT2D eigenvalue weighted by atomic mass is 10.1. The zero-order chi connectivity index (χ0) is 12.7. The van der Waals surface area contributed by atoms with Crippen molar-refractivity contribution in [3.63, 3.8) is 0 Å². The van der Waals surface area contributed by atoms with Crippen molar-refractivity contribution in [1.29, 1.82) is 0 Å². The van der Waals surface area contributed by atoms with E-state index in [9.17, 15) is 4.79 Å². The van der Waals surface area contributed by atoms with Crippen LogP contribution >= 0.6 is 0 Å². The summed E-state index contributed by atoms with van der Waals surface area (Å²) < 4.78 is 10.1. The number of amides is 1. The Morgan fingerprint density at radius 2 is 2.35 bits per heavy atom. The number of carbonyl (C=O) groups is 1. The molecule has 1 amide bonds. The topological polar surface area (TPSA) is 92.0 Å². The quantitative estimate of drug-likeness (QED) is 0.275. The van der Waals surface area contributed by atoms with Gasteiger partial charge in [0.25, 0.3) is 0 Å². The van der Waals surface area contributed by atoms with Crippen LogP contribution in [-0.4, -0.2) is 44.3 Å². The molecule has 3 unspecified atom stereocenters. The summed E-state index contributed by atoms with van der Waals surface area (Å²) in [6.45, 7) is 4.80. The maximum Gasteiger partial charge on any atom is 0.407 e. The fourth-order valence-electron chi connectivity index (χ4n) is 1.55. The van der Waals surface area contributed by atoms with Crippen LogP contribution in [0.1, 0.15) is 20.3 Å². The molecule has 0 aromatic rings. The predicted molar refractivity (Wildman–Crippen MR) is 59.0 cm³/mol. The van der Waals surface area contributed by atoms with E-state index < -0.39 is 12.4 Å². The SMILES string of the molecule is CCOC(C)OOCCC1NC(=O)OC1CN. The number of cyclic esters (lactones) is 1. The molecule has 0 aromatic carbocycles. The summed E-state index contributed by atoms with van der Waals surface area (Å²) in [5.74, 6) is 0. The van der Waals surface area contributed by atoms with Crippen LogP contribution < -0.4 is 11.1 Å². The molecular formula is C10H20N2O5. The molecule has 0 aromatic heterocycles. The number of rotatable bonds is 8. The number of hydrogen-bond donors (Lipinski definition) is 2. The fourth-order valence-corrected chi connectivity index (χ4v) is 1.55. The minimum Gasteiger partial charge on any atom is -0.443 e. The standard InChI is InChI=1S/C10H20N2O5/c1-3-14-7(2)17-15-5-4-8-9(6-11)16-10(13)12-8/h7-9H,3-6,11H2,1-2H3,(H,12,13). The summed E-state index contributed by atoms with van der Waals surface area (Å²) in [6, 6.07) is -0.126. The highest BCUT2D eigenvalue weighted by atomic mass is 17.2. The second-order valence-corrected chi connectivity index (χ2v) is 3.66. The third kappa shape index (κ3) is 4.86. The molecule has 0 spiro atoms. The Morgan fingerprint density at radius 1 is 1.59 bits per heavy atom. The Kier molecular flexibility index (Phi) is 6.20. The molecule has 1 saturated heterocycles. The molecule has 3 atom stereocenters. The van der Waals surface area contributed by atoms with Gasteiger partial charge in [-0.2, -0.15) is 0 Å². The highest BCUT2D eigenvalue weighted by molar-refractivity contribution is 5.70. The van der Waals surface area contributed by atoms with Gasteiger partial charge < -0.3 is 20.5 Å². The van der Waals surface area contributed by atoms with Crippen molar-refractivity contribution >= 4 is 6.09 Å². The smallest absolute Gasteiger partial charge is 0.407 e. The Labute approximate surface area is 100 Å². The number of carbonyl (C=O) groups excluding carboxylic acids is 1. The molecule has 1 rings (SSSR count). The van der Waals surface area contributed by atoms with Crippen LogP contribution in [0.15, 0.2) is 0 Å². The van der Waals surface area contributed by atoms with E-state index in [1.54, 1.807) is 6.92 Å². The van der Waals surface area contributed by atoms with E-state index in [1.807, 2.05) is 6.92 Å². The summed E-state index contributed by atoms with van der Waals surface area (Å²) in [7, 11) is 0. The molecule has 1 aliphatic rings. The number of nitrogens with one attached hydrogen (secondary N) is 1. The summed E-state index contributed by atoms with van der Waals surface area (Å²) in [6.07, 6.45) is -0.559. The maximum atomic E-state index is 11.0. The first-order valence-electron chi connectivity index (χ1n) is 5.74. The van der Waals surface area contributed by atoms with Gasteiger partial charge >= 0.3 is 6.09 Å². The van der Waals surface area contributed by atoms with Gasteiger partial charge in [-0.1, -0.05) is 0 Å². The average molecular weight is 248 g/mol. The molecule has 0 bridgehead atoms. The van der Waals surface area contributed by atoms with E-state index >= 15 is 0 Å². The van der Waals surface area contributed by atoms with Gasteiger partial charge in [0.15, 0.2) is 6.29 Å². The molecule has 100 valence electrons. The van der Waals surface area contributed by atoms with Crippen molar-refractivity contribution in [3.05, 3.63) is 0 Å². The molecule has 1 heterocycles. The number of alkyl carbamates (subject to hydrolysis) is 1. The summed E-state index contributed by atoms with van der Waals surface area (Å²) >= 11 is 0. The minimum absolute atomic E-state index is 0.126. The van der Waals surface area contributed by atoms with E-state index in [4.69, 9.17) is 25.0 Å². The Hall–Kier alpha value is -0.890. The lowest BCUT2D eigenvalue weighted by molar-refractivity contribution is -0.373. The van der Waals surface area contributed by atoms with Crippen molar-refractivity contribution < 1.29 is 24.0 Å². The first-order chi connectivity index (χ1) is 8.17. The van der Waals surface area contributed by atoms with Crippen LogP contribution in [0.2, 0.25) is 0 Å². The fraction of sp³-hybridized carbons (Fsp3) is 0.900. The number of hydrogen-bond acceptors (Lipinski definition) is 6. The molecule has 1 fully saturated rings. The van der Waals surface area contributed by atoms with Gasteiger partial charge in [-0.05, 0) is 20.3 Å². The molecule has 17 heavy (non-hydrogen) atoms. The van der Waals surface area contributed by atoms with E-state index in [0.717, 1.165) is 0 Å². The monoisotopic (exact) mass is 248 g/mol. The van der Waals surface area contributed by atoms with Crippen molar-refractivity contribution in [2.24, 2.45) is 5.73 Å². The van der Waals surface area contributed by atoms with E-state index in [2.05, 4.69) is 5.32 Å². The van der Waals surface area contributed by atoms with Crippen molar-refractivity contribution in [3.8, 4) is 0 Å². The van der Waals surface area contributed by atoms with E-state index in [-0.39, 0.29) is 12.1 Å². The Balaban J connectivity index is 2.11. The highest BCUT2D eigenvalue weighted by Gasteiger charge is 2.32. The van der Waals surface area contributed by atoms with Crippen molar-refractivity contribution in [1.82, 2.24) is 5.32 Å². The van der Waals surface area contributed by atoms with E-state index in [1.165, 1.54) is 0 Å². The van der Waals surface area contributed by atoms with Gasteiger partial charge in [0, 0.05) is 13.2 Å². The molecular weight excluding hydrogens is 228 g/mol. The van der Waals surface area contributed by atoms with E-state index in [0.29, 0.717) is 26.2 Å². The van der Waals surface area contributed by atoms with Crippen LogP contribution in [0.3, 0.4) is 0 Å². The Morgan fingerprint density at radius 3 is 3.00 bits per heavy atom. The average Bonchev–Trinajstić information content (AvgIpc) is 2.65. The minimum atomic E-state index is -0.436. The second kappa shape index (κ2) is 7.44. The van der Waals surface area contributed by atoms with Crippen molar-refractivity contribution in [2.75, 3.05) is 19.8 Å². The second-order valence-electron chi connectivity index (χ2n) is 3.66. The predicted octanol–water partition coefficient (Wildman–Crippen LogP) is 0.143. The lowest BCUT2D eigenvalue weighted by Crippen LogP contribution is -2.37. The molecule has 0 radical (unpaired) electrons. The van der Waals surface area contributed by atoms with Crippen LogP contribution in [-0.2, 0) is 19.2 Å². The van der Waals surface area contributed by atoms with Gasteiger partial charge in [-0.3, -0.25) is 0 Å². The first kappa shape index (κ1) is 14.2. The Bertz CT molecular complexity index is 239. The van der Waals surface area contributed by atoms with Crippen LogP contribution in [0.4, 0.5) is 4.79 Å². The molecule has 7 heteroatoms. The van der Waals surface area contributed by atoms with Gasteiger partial charge in [0.1, 0.15) is 6.10 Å². The van der Waals surface area contributed by atoms with Crippen molar-refractivity contribution in [2.45, 2.75) is 38.7 Å². The summed E-state index contributed by atoms with van der Waals surface area (Å²) in [5, 5.41) is 2.66. The van der Waals surface area contributed by atoms with Gasteiger partial charge in [-0.25, -0.2) is 14.6 Å². The van der Waals surface area contributed by atoms with Crippen LogP contribution in [0.25, 0.3) is 0 Å². The number of nitrogens with two attached hydrogens (primary N) is 1. The zero-order valence-electron chi connectivity index (χ0n) is 10.2. The summed E-state index contributed by atoms with van der Waals surface area (Å²) in [4.78, 5) is 20.9. The van der Waals surface area contributed by atoms with Gasteiger partial charge in [-0.15, -0.1) is 0 Å². The molecule has 7 nitrogen and oxygen atoms in total.